The summed E-state index contributed by atoms with van der Waals surface area (Å²) in [5.41, 5.74) is -1.17. The van der Waals surface area contributed by atoms with Gasteiger partial charge in [-0.2, -0.15) is 13.2 Å². The van der Waals surface area contributed by atoms with Crippen LogP contribution in [0.5, 0.6) is 5.88 Å². The largest absolute Gasteiger partial charge is 0.476 e. The maximum Gasteiger partial charge on any atom is 0.417 e. The van der Waals surface area contributed by atoms with Gasteiger partial charge in [0.2, 0.25) is 5.88 Å². The summed E-state index contributed by atoms with van der Waals surface area (Å²) in [6, 6.07) is 1.84. The quantitative estimate of drug-likeness (QED) is 0.819. The first-order chi connectivity index (χ1) is 11.7. The lowest BCUT2D eigenvalue weighted by molar-refractivity contribution is -0.137. The van der Waals surface area contributed by atoms with Gasteiger partial charge >= 0.3 is 12.2 Å². The number of hydrogen-bond acceptors (Lipinski definition) is 4. The number of amides is 2. The minimum atomic E-state index is -4.43. The topological polar surface area (TPSA) is 63.7 Å². The molecule has 0 saturated carbocycles. The summed E-state index contributed by atoms with van der Waals surface area (Å²) in [6.07, 6.45) is -2.91. The van der Waals surface area contributed by atoms with Crippen LogP contribution >= 0.6 is 0 Å². The molecular formula is C16H22F3N3O3. The third-order valence-corrected chi connectivity index (χ3v) is 4.06. The van der Waals surface area contributed by atoms with Crippen molar-refractivity contribution in [2.75, 3.05) is 32.8 Å². The summed E-state index contributed by atoms with van der Waals surface area (Å²) in [5, 5.41) is 2.72. The predicted octanol–water partition coefficient (Wildman–Crippen LogP) is 2.69. The molecule has 1 aliphatic heterocycles. The van der Waals surface area contributed by atoms with Gasteiger partial charge in [-0.05, 0) is 19.4 Å². The minimum Gasteiger partial charge on any atom is -0.476 e. The van der Waals surface area contributed by atoms with Crippen molar-refractivity contribution in [3.63, 3.8) is 0 Å². The number of hydrogen-bond donors (Lipinski definition) is 1. The average Bonchev–Trinajstić information content (AvgIpc) is 2.58. The monoisotopic (exact) mass is 361 g/mol. The maximum absolute atomic E-state index is 12.4. The Labute approximate surface area is 144 Å². The van der Waals surface area contributed by atoms with Crippen LogP contribution in [0.2, 0.25) is 0 Å². The van der Waals surface area contributed by atoms with E-state index in [1.54, 1.807) is 4.90 Å². The highest BCUT2D eigenvalue weighted by molar-refractivity contribution is 5.74. The summed E-state index contributed by atoms with van der Waals surface area (Å²) >= 11 is 0. The van der Waals surface area contributed by atoms with Crippen molar-refractivity contribution < 1.29 is 27.4 Å². The number of carbonyl (C=O) groups excluding carboxylic acids is 1. The van der Waals surface area contributed by atoms with Crippen molar-refractivity contribution in [1.29, 1.82) is 0 Å². The second kappa shape index (κ2) is 7.90. The van der Waals surface area contributed by atoms with Gasteiger partial charge in [0.05, 0.1) is 30.9 Å². The molecule has 1 fully saturated rings. The highest BCUT2D eigenvalue weighted by Gasteiger charge is 2.32. The number of nitrogens with one attached hydrogen (secondary N) is 1. The van der Waals surface area contributed by atoms with Crippen LogP contribution in [0.25, 0.3) is 0 Å². The van der Waals surface area contributed by atoms with Crippen molar-refractivity contribution in [2.24, 2.45) is 0 Å². The zero-order chi connectivity index (χ0) is 18.5. The van der Waals surface area contributed by atoms with E-state index in [0.29, 0.717) is 25.9 Å². The number of urea groups is 1. The van der Waals surface area contributed by atoms with Gasteiger partial charge in [-0.15, -0.1) is 0 Å². The van der Waals surface area contributed by atoms with E-state index in [1.165, 1.54) is 0 Å². The van der Waals surface area contributed by atoms with Crippen LogP contribution in [-0.2, 0) is 10.9 Å². The molecule has 2 amide bonds. The van der Waals surface area contributed by atoms with Crippen molar-refractivity contribution in [2.45, 2.75) is 32.0 Å². The van der Waals surface area contributed by atoms with Crippen LogP contribution in [-0.4, -0.2) is 54.4 Å². The van der Waals surface area contributed by atoms with Crippen LogP contribution in [0.3, 0.4) is 0 Å². The first-order valence-corrected chi connectivity index (χ1v) is 8.06. The molecule has 9 heteroatoms. The fraction of sp³-hybridized carbons (Fsp3) is 0.625. The Hall–Kier alpha value is -2.03. The standard InChI is InChI=1S/C16H22F3N3O3/c1-3-15(2)11-22(7-9-25-15)14(23)20-6-8-24-13-5-4-12(10-21-13)16(17,18)19/h4-5,10H,3,6-9,11H2,1-2H3,(H,20,23). The van der Waals surface area contributed by atoms with E-state index < -0.39 is 11.7 Å². The van der Waals surface area contributed by atoms with E-state index in [2.05, 4.69) is 10.3 Å². The van der Waals surface area contributed by atoms with Crippen LogP contribution in [0, 0.1) is 0 Å². The molecule has 1 atom stereocenters. The normalized spacial score (nSPS) is 21.1. The van der Waals surface area contributed by atoms with Crippen molar-refractivity contribution >= 4 is 6.03 Å². The zero-order valence-electron chi connectivity index (χ0n) is 14.2. The van der Waals surface area contributed by atoms with Crippen LogP contribution in [0.15, 0.2) is 18.3 Å². The molecule has 1 aromatic heterocycles. The number of morpholine rings is 1. The number of rotatable bonds is 5. The first-order valence-electron chi connectivity index (χ1n) is 8.06. The van der Waals surface area contributed by atoms with E-state index in [0.717, 1.165) is 18.6 Å². The summed E-state index contributed by atoms with van der Waals surface area (Å²) in [5.74, 6) is 0.0761. The van der Waals surface area contributed by atoms with E-state index in [4.69, 9.17) is 9.47 Å². The van der Waals surface area contributed by atoms with Crippen molar-refractivity contribution in [3.05, 3.63) is 23.9 Å². The smallest absolute Gasteiger partial charge is 0.417 e. The Bertz CT molecular complexity index is 580. The van der Waals surface area contributed by atoms with Gasteiger partial charge in [0.15, 0.2) is 0 Å². The van der Waals surface area contributed by atoms with Crippen molar-refractivity contribution in [3.8, 4) is 5.88 Å². The summed E-state index contributed by atoms with van der Waals surface area (Å²) in [4.78, 5) is 17.4. The highest BCUT2D eigenvalue weighted by atomic mass is 19.4. The molecule has 2 rings (SSSR count). The summed E-state index contributed by atoms with van der Waals surface area (Å²) in [6.45, 7) is 5.82. The van der Waals surface area contributed by atoms with Gasteiger partial charge in [-0.25, -0.2) is 9.78 Å². The Morgan fingerprint density at radius 3 is 2.84 bits per heavy atom. The van der Waals surface area contributed by atoms with Crippen LogP contribution in [0.1, 0.15) is 25.8 Å². The molecule has 6 nitrogen and oxygen atoms in total. The number of ether oxygens (including phenoxy) is 2. The summed E-state index contributed by atoms with van der Waals surface area (Å²) in [7, 11) is 0. The number of carbonyl (C=O) groups is 1. The Balaban J connectivity index is 1.73. The van der Waals surface area contributed by atoms with Gasteiger partial charge in [0, 0.05) is 18.8 Å². The van der Waals surface area contributed by atoms with E-state index in [-0.39, 0.29) is 30.7 Å². The lowest BCUT2D eigenvalue weighted by atomic mass is 10.0. The lowest BCUT2D eigenvalue weighted by Crippen LogP contribution is -2.54. The molecule has 140 valence electrons. The Morgan fingerprint density at radius 1 is 1.48 bits per heavy atom. The molecule has 25 heavy (non-hydrogen) atoms. The molecule has 1 N–H and O–H groups in total. The Morgan fingerprint density at radius 2 is 2.24 bits per heavy atom. The molecule has 0 bridgehead atoms. The zero-order valence-corrected chi connectivity index (χ0v) is 14.2. The molecule has 0 aromatic carbocycles. The Kier molecular flexibility index (Phi) is 6.10. The SMILES string of the molecule is CCC1(C)CN(C(=O)NCCOc2ccc(C(F)(F)F)cn2)CCO1. The third-order valence-electron chi connectivity index (χ3n) is 4.06. The van der Waals surface area contributed by atoms with Gasteiger partial charge in [0.1, 0.15) is 6.61 Å². The molecule has 1 aromatic rings. The predicted molar refractivity (Wildman–Crippen MR) is 84.4 cm³/mol. The van der Waals surface area contributed by atoms with Crippen LogP contribution < -0.4 is 10.1 Å². The molecule has 2 heterocycles. The second-order valence-corrected chi connectivity index (χ2v) is 6.04. The van der Waals surface area contributed by atoms with Gasteiger partial charge in [-0.1, -0.05) is 6.92 Å². The average molecular weight is 361 g/mol. The third kappa shape index (κ3) is 5.48. The van der Waals surface area contributed by atoms with Gasteiger partial charge in [-0.3, -0.25) is 0 Å². The molecular weight excluding hydrogens is 339 g/mol. The van der Waals surface area contributed by atoms with Crippen LogP contribution in [0.4, 0.5) is 18.0 Å². The fourth-order valence-corrected chi connectivity index (χ4v) is 2.38. The number of halogens is 3. The fourth-order valence-electron chi connectivity index (χ4n) is 2.38. The van der Waals surface area contributed by atoms with Gasteiger partial charge in [0.25, 0.3) is 0 Å². The van der Waals surface area contributed by atoms with E-state index in [1.807, 2.05) is 13.8 Å². The molecule has 0 radical (unpaired) electrons. The lowest BCUT2D eigenvalue weighted by Gasteiger charge is -2.39. The second-order valence-electron chi connectivity index (χ2n) is 6.04. The minimum absolute atomic E-state index is 0.0761. The van der Waals surface area contributed by atoms with Gasteiger partial charge < -0.3 is 19.7 Å². The number of aromatic nitrogens is 1. The molecule has 0 spiro atoms. The first kappa shape index (κ1) is 19.3. The number of pyridine rings is 1. The highest BCUT2D eigenvalue weighted by Crippen LogP contribution is 2.29. The number of alkyl halides is 3. The molecule has 0 aliphatic carbocycles. The summed E-state index contributed by atoms with van der Waals surface area (Å²) < 4.78 is 48.2. The van der Waals surface area contributed by atoms with Crippen molar-refractivity contribution in [1.82, 2.24) is 15.2 Å². The number of nitrogens with zero attached hydrogens (tertiary/aromatic N) is 2. The molecule has 1 unspecified atom stereocenters. The van der Waals surface area contributed by atoms with E-state index >= 15 is 0 Å². The molecule has 1 aliphatic rings. The molecule has 1 saturated heterocycles. The van der Waals surface area contributed by atoms with E-state index in [9.17, 15) is 18.0 Å². The maximum atomic E-state index is 12.4.